The summed E-state index contributed by atoms with van der Waals surface area (Å²) in [4.78, 5) is 13.4. The van der Waals surface area contributed by atoms with Gasteiger partial charge in [0, 0.05) is 23.7 Å². The molecule has 3 heterocycles. The Morgan fingerprint density at radius 1 is 1.21 bits per heavy atom. The van der Waals surface area contributed by atoms with Gasteiger partial charge < -0.3 is 5.32 Å². The maximum atomic E-state index is 4.75. The van der Waals surface area contributed by atoms with Gasteiger partial charge in [-0.15, -0.1) is 28.3 Å². The Hall–Kier alpha value is -0.850. The number of aromatic nitrogens is 3. The predicted molar refractivity (Wildman–Crippen MR) is 83.0 cm³/mol. The van der Waals surface area contributed by atoms with Gasteiger partial charge in [-0.25, -0.2) is 4.98 Å². The molecule has 0 atom stereocenters. The molecule has 1 aliphatic rings. The van der Waals surface area contributed by atoms with E-state index in [1.54, 1.807) is 23.7 Å². The Balaban J connectivity index is 0.00000133. The molecule has 102 valence electrons. The largest absolute Gasteiger partial charge is 0.317 e. The second-order valence-corrected chi connectivity index (χ2v) is 5.48. The lowest BCUT2D eigenvalue weighted by atomic mass is 9.99. The van der Waals surface area contributed by atoms with Crippen LogP contribution in [0.5, 0.6) is 0 Å². The van der Waals surface area contributed by atoms with Gasteiger partial charge in [0.25, 0.3) is 0 Å². The van der Waals surface area contributed by atoms with Gasteiger partial charge in [0.15, 0.2) is 0 Å². The predicted octanol–water partition coefficient (Wildman–Crippen LogP) is 2.95. The lowest BCUT2D eigenvalue weighted by Gasteiger charge is -2.20. The molecule has 3 rings (SSSR count). The molecule has 0 spiro atoms. The lowest BCUT2D eigenvalue weighted by molar-refractivity contribution is 0.459. The van der Waals surface area contributed by atoms with Crippen molar-refractivity contribution < 1.29 is 0 Å². The molecule has 19 heavy (non-hydrogen) atoms. The van der Waals surface area contributed by atoms with Gasteiger partial charge in [0.05, 0.1) is 10.7 Å². The zero-order valence-electron chi connectivity index (χ0n) is 10.8. The van der Waals surface area contributed by atoms with Crippen LogP contribution in [0.1, 0.15) is 29.5 Å². The SMILES string of the molecule is Br.Cc1nccnc1-c1csc(C2CCNCC2)n1. The van der Waals surface area contributed by atoms with Crippen LogP contribution in [0.2, 0.25) is 0 Å². The number of nitrogens with one attached hydrogen (secondary N) is 1. The van der Waals surface area contributed by atoms with Crippen molar-refractivity contribution in [1.29, 1.82) is 0 Å². The second-order valence-electron chi connectivity index (χ2n) is 4.59. The molecule has 0 saturated carbocycles. The van der Waals surface area contributed by atoms with E-state index in [4.69, 9.17) is 4.98 Å². The van der Waals surface area contributed by atoms with Crippen LogP contribution in [-0.2, 0) is 0 Å². The van der Waals surface area contributed by atoms with E-state index < -0.39 is 0 Å². The minimum absolute atomic E-state index is 0. The normalized spacial score (nSPS) is 16.1. The Labute approximate surface area is 127 Å². The zero-order chi connectivity index (χ0) is 12.4. The minimum atomic E-state index is 0. The number of hydrogen-bond donors (Lipinski definition) is 1. The molecule has 2 aromatic heterocycles. The van der Waals surface area contributed by atoms with E-state index in [0.29, 0.717) is 5.92 Å². The van der Waals surface area contributed by atoms with Crippen LogP contribution >= 0.6 is 28.3 Å². The van der Waals surface area contributed by atoms with Gasteiger partial charge in [-0.05, 0) is 32.9 Å². The molecule has 1 fully saturated rings. The molecule has 2 aromatic rings. The number of aryl methyl sites for hydroxylation is 1. The molecule has 1 aliphatic heterocycles. The summed E-state index contributed by atoms with van der Waals surface area (Å²) in [6, 6.07) is 0. The van der Waals surface area contributed by atoms with Crippen LogP contribution in [0, 0.1) is 6.92 Å². The summed E-state index contributed by atoms with van der Waals surface area (Å²) >= 11 is 1.75. The smallest absolute Gasteiger partial charge is 0.111 e. The number of nitrogens with zero attached hydrogens (tertiary/aromatic N) is 3. The summed E-state index contributed by atoms with van der Waals surface area (Å²) in [6.45, 7) is 4.18. The van der Waals surface area contributed by atoms with E-state index in [1.165, 1.54) is 17.8 Å². The molecule has 0 aromatic carbocycles. The summed E-state index contributed by atoms with van der Waals surface area (Å²) in [5.41, 5.74) is 2.83. The number of thiazole rings is 1. The average molecular weight is 341 g/mol. The summed E-state index contributed by atoms with van der Waals surface area (Å²) in [5.74, 6) is 0.613. The third kappa shape index (κ3) is 3.19. The summed E-state index contributed by atoms with van der Waals surface area (Å²) in [7, 11) is 0. The fourth-order valence-electron chi connectivity index (χ4n) is 2.31. The summed E-state index contributed by atoms with van der Waals surface area (Å²) < 4.78 is 0. The maximum absolute atomic E-state index is 4.75. The van der Waals surface area contributed by atoms with E-state index in [-0.39, 0.29) is 17.0 Å². The first-order valence-corrected chi connectivity index (χ1v) is 7.16. The number of piperidine rings is 1. The van der Waals surface area contributed by atoms with Gasteiger partial charge in [0.1, 0.15) is 11.4 Å². The monoisotopic (exact) mass is 340 g/mol. The Morgan fingerprint density at radius 2 is 1.95 bits per heavy atom. The Kier molecular flexibility index (Phi) is 5.01. The molecule has 6 heteroatoms. The number of halogens is 1. The van der Waals surface area contributed by atoms with Crippen molar-refractivity contribution in [2.24, 2.45) is 0 Å². The minimum Gasteiger partial charge on any atom is -0.317 e. The van der Waals surface area contributed by atoms with Gasteiger partial charge in [0.2, 0.25) is 0 Å². The van der Waals surface area contributed by atoms with E-state index in [2.05, 4.69) is 20.7 Å². The van der Waals surface area contributed by atoms with Crippen LogP contribution in [0.15, 0.2) is 17.8 Å². The van der Waals surface area contributed by atoms with Crippen molar-refractivity contribution in [3.05, 3.63) is 28.5 Å². The van der Waals surface area contributed by atoms with Gasteiger partial charge in [-0.3, -0.25) is 9.97 Å². The Bertz CT molecular complexity index is 537. The topological polar surface area (TPSA) is 50.7 Å². The molecular weight excluding hydrogens is 324 g/mol. The molecule has 0 unspecified atom stereocenters. The third-order valence-corrected chi connectivity index (χ3v) is 4.34. The molecular formula is C13H17BrN4S. The first-order chi connectivity index (χ1) is 8.84. The van der Waals surface area contributed by atoms with E-state index in [0.717, 1.165) is 30.2 Å². The van der Waals surface area contributed by atoms with Crippen LogP contribution in [0.25, 0.3) is 11.4 Å². The molecule has 0 aliphatic carbocycles. The molecule has 0 bridgehead atoms. The van der Waals surface area contributed by atoms with Crippen molar-refractivity contribution in [3.8, 4) is 11.4 Å². The quantitative estimate of drug-likeness (QED) is 0.913. The van der Waals surface area contributed by atoms with E-state index in [9.17, 15) is 0 Å². The van der Waals surface area contributed by atoms with Crippen molar-refractivity contribution >= 4 is 28.3 Å². The highest BCUT2D eigenvalue weighted by molar-refractivity contribution is 8.93. The van der Waals surface area contributed by atoms with Crippen LogP contribution < -0.4 is 5.32 Å². The second kappa shape index (κ2) is 6.54. The van der Waals surface area contributed by atoms with Gasteiger partial charge in [-0.2, -0.15) is 0 Å². The molecule has 0 radical (unpaired) electrons. The van der Waals surface area contributed by atoms with E-state index >= 15 is 0 Å². The first-order valence-electron chi connectivity index (χ1n) is 6.28. The van der Waals surface area contributed by atoms with Crippen molar-refractivity contribution in [2.75, 3.05) is 13.1 Å². The van der Waals surface area contributed by atoms with Crippen molar-refractivity contribution in [2.45, 2.75) is 25.7 Å². The molecule has 1 saturated heterocycles. The van der Waals surface area contributed by atoms with E-state index in [1.807, 2.05) is 6.92 Å². The third-order valence-electron chi connectivity index (χ3n) is 3.33. The number of rotatable bonds is 2. The van der Waals surface area contributed by atoms with Crippen LogP contribution in [-0.4, -0.2) is 28.0 Å². The average Bonchev–Trinajstić information content (AvgIpc) is 2.90. The molecule has 4 nitrogen and oxygen atoms in total. The van der Waals surface area contributed by atoms with Gasteiger partial charge in [-0.1, -0.05) is 0 Å². The van der Waals surface area contributed by atoms with Crippen molar-refractivity contribution in [1.82, 2.24) is 20.3 Å². The van der Waals surface area contributed by atoms with Crippen LogP contribution in [0.3, 0.4) is 0 Å². The molecule has 1 N–H and O–H groups in total. The molecule has 0 amide bonds. The maximum Gasteiger partial charge on any atom is 0.111 e. The highest BCUT2D eigenvalue weighted by Crippen LogP contribution is 2.31. The summed E-state index contributed by atoms with van der Waals surface area (Å²) in [5, 5.41) is 6.74. The van der Waals surface area contributed by atoms with Crippen LogP contribution in [0.4, 0.5) is 0 Å². The summed E-state index contributed by atoms with van der Waals surface area (Å²) in [6.07, 6.45) is 5.82. The fraction of sp³-hybridized carbons (Fsp3) is 0.462. The zero-order valence-corrected chi connectivity index (χ0v) is 13.3. The van der Waals surface area contributed by atoms with Gasteiger partial charge >= 0.3 is 0 Å². The van der Waals surface area contributed by atoms with Crippen molar-refractivity contribution in [3.63, 3.8) is 0 Å². The highest BCUT2D eigenvalue weighted by atomic mass is 79.9. The Morgan fingerprint density at radius 3 is 2.68 bits per heavy atom. The standard InChI is InChI=1S/C13H16N4S.BrH/c1-9-12(16-7-6-15-9)11-8-18-13(17-11)10-2-4-14-5-3-10;/h6-8,10,14H,2-5H2,1H3;1H. The highest BCUT2D eigenvalue weighted by Gasteiger charge is 2.19. The lowest BCUT2D eigenvalue weighted by Crippen LogP contribution is -2.26. The fourth-order valence-corrected chi connectivity index (χ4v) is 3.29. The first kappa shape index (κ1) is 14.6. The number of hydrogen-bond acceptors (Lipinski definition) is 5.